The molecule has 2 aromatic rings. The first kappa shape index (κ1) is 13.4. The van der Waals surface area contributed by atoms with E-state index in [0.29, 0.717) is 5.03 Å². The second-order valence-electron chi connectivity index (χ2n) is 3.34. The van der Waals surface area contributed by atoms with E-state index in [0.717, 1.165) is 9.37 Å². The molecule has 6 heteroatoms. The Balaban J connectivity index is 2.33. The van der Waals surface area contributed by atoms with Gasteiger partial charge in [-0.05, 0) is 34.1 Å². The van der Waals surface area contributed by atoms with E-state index >= 15 is 0 Å². The molecule has 0 spiro atoms. The molecule has 0 unspecified atom stereocenters. The fourth-order valence-electron chi connectivity index (χ4n) is 1.28. The summed E-state index contributed by atoms with van der Waals surface area (Å²) in [5, 5.41) is 9.70. The van der Waals surface area contributed by atoms with Crippen molar-refractivity contribution in [1.82, 2.24) is 4.98 Å². The number of carbonyl (C=O) groups is 1. The molecular formula is C12H7BrClNO2S. The van der Waals surface area contributed by atoms with Gasteiger partial charge in [0.15, 0.2) is 0 Å². The van der Waals surface area contributed by atoms with E-state index in [1.54, 1.807) is 0 Å². The van der Waals surface area contributed by atoms with Crippen LogP contribution in [0.5, 0.6) is 0 Å². The minimum atomic E-state index is -1.06. The minimum Gasteiger partial charge on any atom is -0.478 e. The number of pyridine rings is 1. The Bertz CT molecular complexity index is 606. The van der Waals surface area contributed by atoms with Crippen LogP contribution >= 0.6 is 39.3 Å². The molecule has 0 bridgehead atoms. The number of carboxylic acids is 1. The zero-order valence-electron chi connectivity index (χ0n) is 8.93. The number of halogens is 2. The zero-order chi connectivity index (χ0) is 13.1. The summed E-state index contributed by atoms with van der Waals surface area (Å²) in [6.45, 7) is 0. The number of carboxylic acid groups (broad SMARTS) is 1. The van der Waals surface area contributed by atoms with E-state index in [2.05, 4.69) is 20.9 Å². The summed E-state index contributed by atoms with van der Waals surface area (Å²) in [6, 6.07) is 9.11. The van der Waals surface area contributed by atoms with Crippen LogP contribution in [0.2, 0.25) is 5.02 Å². The molecule has 0 fully saturated rings. The lowest BCUT2D eigenvalue weighted by molar-refractivity contribution is 0.0696. The van der Waals surface area contributed by atoms with Gasteiger partial charge in [-0.1, -0.05) is 35.5 Å². The largest absolute Gasteiger partial charge is 0.478 e. The summed E-state index contributed by atoms with van der Waals surface area (Å²) >= 11 is 10.6. The lowest BCUT2D eigenvalue weighted by Gasteiger charge is -2.05. The van der Waals surface area contributed by atoms with E-state index in [-0.39, 0.29) is 10.6 Å². The fourth-order valence-corrected chi connectivity index (χ4v) is 2.81. The molecule has 0 aliphatic heterocycles. The number of rotatable bonds is 3. The van der Waals surface area contributed by atoms with E-state index < -0.39 is 5.97 Å². The Morgan fingerprint density at radius 1 is 1.39 bits per heavy atom. The molecule has 0 atom stereocenters. The maximum absolute atomic E-state index is 11.0. The smallest absolute Gasteiger partial charge is 0.337 e. The van der Waals surface area contributed by atoms with Gasteiger partial charge in [-0.15, -0.1) is 0 Å². The van der Waals surface area contributed by atoms with Gasteiger partial charge in [-0.25, -0.2) is 9.78 Å². The molecule has 0 saturated heterocycles. The number of aromatic carboxylic acids is 1. The number of hydrogen-bond acceptors (Lipinski definition) is 3. The Morgan fingerprint density at radius 2 is 2.11 bits per heavy atom. The molecule has 18 heavy (non-hydrogen) atoms. The number of aromatic nitrogens is 1. The van der Waals surface area contributed by atoms with Crippen molar-refractivity contribution in [2.75, 3.05) is 0 Å². The van der Waals surface area contributed by atoms with Gasteiger partial charge in [-0.3, -0.25) is 0 Å². The van der Waals surface area contributed by atoms with E-state index in [4.69, 9.17) is 16.7 Å². The molecule has 0 aliphatic rings. The van der Waals surface area contributed by atoms with Crippen molar-refractivity contribution in [2.24, 2.45) is 0 Å². The predicted octanol–water partition coefficient (Wildman–Crippen LogP) is 4.35. The van der Waals surface area contributed by atoms with Crippen molar-refractivity contribution in [3.8, 4) is 0 Å². The van der Waals surface area contributed by atoms with Gasteiger partial charge in [-0.2, -0.15) is 0 Å². The molecule has 1 N–H and O–H groups in total. The maximum Gasteiger partial charge on any atom is 0.337 e. The van der Waals surface area contributed by atoms with E-state index in [9.17, 15) is 4.79 Å². The molecule has 0 radical (unpaired) electrons. The topological polar surface area (TPSA) is 50.2 Å². The van der Waals surface area contributed by atoms with Crippen LogP contribution < -0.4 is 0 Å². The van der Waals surface area contributed by atoms with Crippen molar-refractivity contribution in [3.63, 3.8) is 0 Å². The third kappa shape index (κ3) is 3.04. The second-order valence-corrected chi connectivity index (χ2v) is 5.66. The van der Waals surface area contributed by atoms with Crippen LogP contribution in [0.15, 0.2) is 50.9 Å². The molecule has 0 aliphatic carbocycles. The molecule has 2 rings (SSSR count). The van der Waals surface area contributed by atoms with Gasteiger partial charge < -0.3 is 5.11 Å². The molecule has 1 aromatic heterocycles. The van der Waals surface area contributed by atoms with Crippen LogP contribution in [0.1, 0.15) is 10.4 Å². The Hall–Kier alpha value is -1.04. The first-order valence-corrected chi connectivity index (χ1v) is 6.88. The number of nitrogens with zero attached hydrogens (tertiary/aromatic N) is 1. The van der Waals surface area contributed by atoms with Gasteiger partial charge in [0.05, 0.1) is 10.6 Å². The van der Waals surface area contributed by atoms with E-state index in [1.807, 2.05) is 24.3 Å². The van der Waals surface area contributed by atoms with Crippen molar-refractivity contribution in [1.29, 1.82) is 0 Å². The molecule has 1 aromatic carbocycles. The summed E-state index contributed by atoms with van der Waals surface area (Å²) < 4.78 is 0.934. The average Bonchev–Trinajstić information content (AvgIpc) is 2.34. The first-order valence-electron chi connectivity index (χ1n) is 4.89. The predicted molar refractivity (Wildman–Crippen MR) is 74.5 cm³/mol. The van der Waals surface area contributed by atoms with Gasteiger partial charge in [0.1, 0.15) is 5.03 Å². The Labute approximate surface area is 121 Å². The van der Waals surface area contributed by atoms with Crippen molar-refractivity contribution in [2.45, 2.75) is 9.92 Å². The third-order valence-corrected chi connectivity index (χ3v) is 4.38. The lowest BCUT2D eigenvalue weighted by atomic mass is 10.3. The van der Waals surface area contributed by atoms with Crippen LogP contribution in [0, 0.1) is 0 Å². The van der Waals surface area contributed by atoms with Gasteiger partial charge in [0.2, 0.25) is 0 Å². The zero-order valence-corrected chi connectivity index (χ0v) is 12.1. The summed E-state index contributed by atoms with van der Waals surface area (Å²) in [7, 11) is 0. The molecule has 3 nitrogen and oxygen atoms in total. The van der Waals surface area contributed by atoms with Crippen molar-refractivity contribution < 1.29 is 9.90 Å². The summed E-state index contributed by atoms with van der Waals surface area (Å²) in [5.74, 6) is -1.06. The highest BCUT2D eigenvalue weighted by Gasteiger charge is 2.11. The average molecular weight is 345 g/mol. The number of benzene rings is 1. The fraction of sp³-hybridized carbons (Fsp3) is 0. The van der Waals surface area contributed by atoms with E-state index in [1.165, 1.54) is 24.0 Å². The van der Waals surface area contributed by atoms with Crippen LogP contribution in [0.4, 0.5) is 0 Å². The van der Waals surface area contributed by atoms with Crippen molar-refractivity contribution >= 4 is 45.3 Å². The second kappa shape index (κ2) is 5.73. The highest BCUT2D eigenvalue weighted by molar-refractivity contribution is 9.10. The molecule has 0 saturated carbocycles. The quantitative estimate of drug-likeness (QED) is 0.899. The SMILES string of the molecule is O=C(O)c1cc(Sc2ccccc2Br)ncc1Cl. The van der Waals surface area contributed by atoms with Crippen LogP contribution in [-0.2, 0) is 0 Å². The van der Waals surface area contributed by atoms with Crippen LogP contribution in [0.25, 0.3) is 0 Å². The molecule has 0 amide bonds. The normalized spacial score (nSPS) is 10.3. The summed E-state index contributed by atoms with van der Waals surface area (Å²) in [6.07, 6.45) is 1.35. The Morgan fingerprint density at radius 3 is 2.78 bits per heavy atom. The molecule has 1 heterocycles. The van der Waals surface area contributed by atoms with Crippen LogP contribution in [0.3, 0.4) is 0 Å². The maximum atomic E-state index is 11.0. The first-order chi connectivity index (χ1) is 8.58. The lowest BCUT2D eigenvalue weighted by Crippen LogP contribution is -1.98. The summed E-state index contributed by atoms with van der Waals surface area (Å²) in [4.78, 5) is 16.0. The van der Waals surface area contributed by atoms with Crippen molar-refractivity contribution in [3.05, 3.63) is 51.6 Å². The van der Waals surface area contributed by atoms with Gasteiger partial charge in [0, 0.05) is 15.6 Å². The van der Waals surface area contributed by atoms with Gasteiger partial charge in [0.25, 0.3) is 0 Å². The number of hydrogen-bond donors (Lipinski definition) is 1. The molecular weight excluding hydrogens is 338 g/mol. The third-order valence-electron chi connectivity index (χ3n) is 2.11. The summed E-state index contributed by atoms with van der Waals surface area (Å²) in [5.41, 5.74) is 0.0567. The highest BCUT2D eigenvalue weighted by Crippen LogP contribution is 2.33. The Kier molecular flexibility index (Phi) is 4.27. The van der Waals surface area contributed by atoms with Gasteiger partial charge >= 0.3 is 5.97 Å². The standard InChI is InChI=1S/C12H7BrClNO2S/c13-8-3-1-2-4-10(8)18-11-5-7(12(16)17)9(14)6-15-11/h1-6H,(H,16,17). The highest BCUT2D eigenvalue weighted by atomic mass is 79.9. The van der Waals surface area contributed by atoms with Crippen LogP contribution in [-0.4, -0.2) is 16.1 Å². The molecule has 92 valence electrons. The minimum absolute atomic E-state index is 0.0567. The monoisotopic (exact) mass is 343 g/mol.